The van der Waals surface area contributed by atoms with E-state index in [2.05, 4.69) is 10.3 Å². The van der Waals surface area contributed by atoms with Gasteiger partial charge in [-0.25, -0.2) is 4.98 Å². The van der Waals surface area contributed by atoms with E-state index in [1.807, 2.05) is 13.8 Å². The first-order valence-corrected chi connectivity index (χ1v) is 8.75. The molecule has 0 radical (unpaired) electrons. The Balaban J connectivity index is 1.90. The van der Waals surface area contributed by atoms with E-state index in [0.29, 0.717) is 22.0 Å². The molecule has 1 amide bonds. The Hall–Kier alpha value is -2.87. The molecule has 0 atom stereocenters. The second-order valence-electron chi connectivity index (χ2n) is 5.66. The molecular formula is C18H19N3O4S. The quantitative estimate of drug-likeness (QED) is 0.742. The van der Waals surface area contributed by atoms with Crippen LogP contribution < -0.4 is 20.3 Å². The van der Waals surface area contributed by atoms with Crippen molar-refractivity contribution in [3.05, 3.63) is 56.4 Å². The van der Waals surface area contributed by atoms with Crippen molar-refractivity contribution >= 4 is 22.2 Å². The zero-order chi connectivity index (χ0) is 18.8. The van der Waals surface area contributed by atoms with Gasteiger partial charge in [-0.2, -0.15) is 0 Å². The monoisotopic (exact) mass is 373 g/mol. The molecule has 0 saturated heterocycles. The van der Waals surface area contributed by atoms with Crippen molar-refractivity contribution in [3.8, 4) is 11.5 Å². The Morgan fingerprint density at radius 1 is 1.23 bits per heavy atom. The van der Waals surface area contributed by atoms with Gasteiger partial charge in [0.25, 0.3) is 11.5 Å². The number of nitrogens with one attached hydrogen (secondary N) is 1. The molecule has 8 heteroatoms. The van der Waals surface area contributed by atoms with E-state index in [4.69, 9.17) is 9.47 Å². The minimum Gasteiger partial charge on any atom is -0.496 e. The van der Waals surface area contributed by atoms with Crippen molar-refractivity contribution in [1.29, 1.82) is 0 Å². The van der Waals surface area contributed by atoms with Gasteiger partial charge in [-0.15, -0.1) is 11.3 Å². The summed E-state index contributed by atoms with van der Waals surface area (Å²) in [5.74, 6) is 0.701. The lowest BCUT2D eigenvalue weighted by Gasteiger charge is -2.13. The summed E-state index contributed by atoms with van der Waals surface area (Å²) in [7, 11) is 3.10. The normalized spacial score (nSPS) is 10.8. The molecule has 136 valence electrons. The third-order valence-corrected chi connectivity index (χ3v) is 5.29. The average Bonchev–Trinajstić information content (AvgIpc) is 2.94. The molecule has 2 heterocycles. The first kappa shape index (κ1) is 17.9. The average molecular weight is 373 g/mol. The summed E-state index contributed by atoms with van der Waals surface area (Å²) in [6, 6.07) is 5.36. The predicted molar refractivity (Wildman–Crippen MR) is 99.5 cm³/mol. The van der Waals surface area contributed by atoms with Gasteiger partial charge in [0.1, 0.15) is 17.1 Å². The van der Waals surface area contributed by atoms with Crippen LogP contribution in [0.1, 0.15) is 26.5 Å². The van der Waals surface area contributed by atoms with Crippen LogP contribution in [0.25, 0.3) is 4.96 Å². The van der Waals surface area contributed by atoms with Gasteiger partial charge in [0.2, 0.25) is 0 Å². The second kappa shape index (κ2) is 7.17. The van der Waals surface area contributed by atoms with E-state index in [9.17, 15) is 9.59 Å². The highest BCUT2D eigenvalue weighted by atomic mass is 32.1. The largest absolute Gasteiger partial charge is 0.496 e. The first-order chi connectivity index (χ1) is 12.5. The van der Waals surface area contributed by atoms with Crippen molar-refractivity contribution in [2.75, 3.05) is 14.2 Å². The van der Waals surface area contributed by atoms with E-state index < -0.39 is 5.91 Å². The van der Waals surface area contributed by atoms with Crippen LogP contribution >= 0.6 is 11.3 Å². The molecule has 3 rings (SSSR count). The highest BCUT2D eigenvalue weighted by Gasteiger charge is 2.18. The van der Waals surface area contributed by atoms with Gasteiger partial charge < -0.3 is 14.8 Å². The number of benzene rings is 1. The van der Waals surface area contributed by atoms with Crippen LogP contribution in [0.3, 0.4) is 0 Å². The van der Waals surface area contributed by atoms with Crippen molar-refractivity contribution in [2.24, 2.45) is 0 Å². The SMILES string of the molecule is COc1cccc(OC)c1CNC(=O)c1cnc2sc(C)c(C)n2c1=O. The van der Waals surface area contributed by atoms with E-state index in [-0.39, 0.29) is 17.7 Å². The van der Waals surface area contributed by atoms with Gasteiger partial charge in [-0.05, 0) is 26.0 Å². The molecule has 0 bridgehead atoms. The number of hydrogen-bond donors (Lipinski definition) is 1. The number of aromatic nitrogens is 2. The molecule has 0 aliphatic rings. The zero-order valence-electron chi connectivity index (χ0n) is 15.0. The van der Waals surface area contributed by atoms with Gasteiger partial charge in [0.05, 0.1) is 26.3 Å². The molecule has 7 nitrogen and oxygen atoms in total. The maximum Gasteiger partial charge on any atom is 0.271 e. The van der Waals surface area contributed by atoms with E-state index in [1.165, 1.54) is 21.9 Å². The minimum absolute atomic E-state index is 0.00253. The third-order valence-electron chi connectivity index (χ3n) is 4.22. The number of carbonyl (C=O) groups is 1. The summed E-state index contributed by atoms with van der Waals surface area (Å²) in [5, 5.41) is 2.75. The molecule has 0 aliphatic heterocycles. The number of amides is 1. The van der Waals surface area contributed by atoms with Crippen LogP contribution in [0.4, 0.5) is 0 Å². The van der Waals surface area contributed by atoms with Gasteiger partial charge in [-0.1, -0.05) is 6.07 Å². The first-order valence-electron chi connectivity index (χ1n) is 7.93. The van der Waals surface area contributed by atoms with Crippen LogP contribution in [-0.2, 0) is 6.54 Å². The lowest BCUT2D eigenvalue weighted by molar-refractivity contribution is 0.0948. The summed E-state index contributed by atoms with van der Waals surface area (Å²) in [5.41, 5.74) is 1.12. The van der Waals surface area contributed by atoms with Crippen LogP contribution in [0.15, 0.2) is 29.2 Å². The standard InChI is InChI=1S/C18H19N3O4S/c1-10-11(2)26-18-20-9-13(17(23)21(10)18)16(22)19-8-12-14(24-3)6-5-7-15(12)25-4/h5-7,9H,8H2,1-4H3,(H,19,22). The van der Waals surface area contributed by atoms with Crippen LogP contribution in [0.5, 0.6) is 11.5 Å². The molecule has 2 aromatic heterocycles. The van der Waals surface area contributed by atoms with E-state index in [0.717, 1.165) is 10.6 Å². The van der Waals surface area contributed by atoms with E-state index >= 15 is 0 Å². The summed E-state index contributed by atoms with van der Waals surface area (Å²) in [4.78, 5) is 31.0. The fourth-order valence-electron chi connectivity index (χ4n) is 2.70. The molecule has 0 fully saturated rings. The zero-order valence-corrected chi connectivity index (χ0v) is 15.8. The van der Waals surface area contributed by atoms with Gasteiger partial charge in [0.15, 0.2) is 4.96 Å². The molecule has 1 N–H and O–H groups in total. The second-order valence-corrected chi connectivity index (χ2v) is 6.84. The Bertz CT molecular complexity index is 1020. The molecule has 0 aliphatic carbocycles. The Morgan fingerprint density at radius 2 is 1.88 bits per heavy atom. The minimum atomic E-state index is -0.492. The number of ether oxygens (including phenoxy) is 2. The summed E-state index contributed by atoms with van der Waals surface area (Å²) < 4.78 is 12.1. The van der Waals surface area contributed by atoms with Crippen molar-refractivity contribution < 1.29 is 14.3 Å². The Kier molecular flexibility index (Phi) is 4.94. The predicted octanol–water partition coefficient (Wildman–Crippen LogP) is 2.32. The highest BCUT2D eigenvalue weighted by molar-refractivity contribution is 7.17. The lowest BCUT2D eigenvalue weighted by Crippen LogP contribution is -2.31. The van der Waals surface area contributed by atoms with Crippen molar-refractivity contribution in [2.45, 2.75) is 20.4 Å². The number of methoxy groups -OCH3 is 2. The number of thiazole rings is 1. The number of hydrogen-bond acceptors (Lipinski definition) is 6. The molecule has 0 unspecified atom stereocenters. The molecule has 26 heavy (non-hydrogen) atoms. The molecule has 1 aromatic carbocycles. The molecule has 0 saturated carbocycles. The lowest BCUT2D eigenvalue weighted by atomic mass is 10.1. The summed E-state index contributed by atoms with van der Waals surface area (Å²) in [6.45, 7) is 3.92. The maximum absolute atomic E-state index is 12.7. The fraction of sp³-hybridized carbons (Fsp3) is 0.278. The van der Waals surface area contributed by atoms with Gasteiger partial charge >= 0.3 is 0 Å². The third kappa shape index (κ3) is 3.03. The van der Waals surface area contributed by atoms with Crippen LogP contribution in [0, 0.1) is 13.8 Å². The van der Waals surface area contributed by atoms with E-state index in [1.54, 1.807) is 32.4 Å². The number of fused-ring (bicyclic) bond motifs is 1. The van der Waals surface area contributed by atoms with Gasteiger partial charge in [-0.3, -0.25) is 14.0 Å². The topological polar surface area (TPSA) is 81.9 Å². The Labute approximate surface area is 154 Å². The van der Waals surface area contributed by atoms with Crippen molar-refractivity contribution in [1.82, 2.24) is 14.7 Å². The fourth-order valence-corrected chi connectivity index (χ4v) is 3.63. The smallest absolute Gasteiger partial charge is 0.271 e. The van der Waals surface area contributed by atoms with Crippen LogP contribution in [-0.4, -0.2) is 29.5 Å². The molecule has 0 spiro atoms. The van der Waals surface area contributed by atoms with Crippen molar-refractivity contribution in [3.63, 3.8) is 0 Å². The summed E-state index contributed by atoms with van der Waals surface area (Å²) in [6.07, 6.45) is 1.32. The molecule has 3 aromatic rings. The van der Waals surface area contributed by atoms with Gasteiger partial charge in [0, 0.05) is 16.8 Å². The highest BCUT2D eigenvalue weighted by Crippen LogP contribution is 2.28. The number of aryl methyl sites for hydroxylation is 2. The Morgan fingerprint density at radius 3 is 2.50 bits per heavy atom. The maximum atomic E-state index is 12.7. The number of rotatable bonds is 5. The van der Waals surface area contributed by atoms with Crippen LogP contribution in [0.2, 0.25) is 0 Å². The number of carbonyl (C=O) groups excluding carboxylic acids is 1. The summed E-state index contributed by atoms with van der Waals surface area (Å²) >= 11 is 1.42. The number of nitrogens with zero attached hydrogens (tertiary/aromatic N) is 2. The molecular weight excluding hydrogens is 354 g/mol.